The molecule has 0 fully saturated rings. The standard InChI is InChI=1S/C14H19BrN2O3/c1-4-14(3,7-8-15)16-13(18)11-9-10(2)5-6-12(11)17(19)20/h5-6,9H,4,7-8H2,1-3H3,(H,16,18). The molecule has 20 heavy (non-hydrogen) atoms. The molecular formula is C14H19BrN2O3. The van der Waals surface area contributed by atoms with E-state index in [0.29, 0.717) is 0 Å². The molecule has 1 amide bonds. The fourth-order valence-corrected chi connectivity index (χ4v) is 2.74. The third-order valence-corrected chi connectivity index (χ3v) is 3.83. The normalized spacial score (nSPS) is 13.6. The van der Waals surface area contributed by atoms with Crippen LogP contribution in [0.5, 0.6) is 0 Å². The molecule has 5 nitrogen and oxygen atoms in total. The summed E-state index contributed by atoms with van der Waals surface area (Å²) < 4.78 is 0. The van der Waals surface area contributed by atoms with Crippen molar-refractivity contribution < 1.29 is 9.72 Å². The van der Waals surface area contributed by atoms with Gasteiger partial charge in [0.2, 0.25) is 0 Å². The van der Waals surface area contributed by atoms with Gasteiger partial charge in [-0.3, -0.25) is 14.9 Å². The largest absolute Gasteiger partial charge is 0.347 e. The van der Waals surface area contributed by atoms with Crippen molar-refractivity contribution >= 4 is 27.5 Å². The van der Waals surface area contributed by atoms with Crippen LogP contribution in [-0.2, 0) is 0 Å². The SMILES string of the molecule is CCC(C)(CCBr)NC(=O)c1cc(C)ccc1[N+](=O)[O-]. The summed E-state index contributed by atoms with van der Waals surface area (Å²) in [5, 5.41) is 14.7. The Kier molecular flexibility index (Phi) is 5.68. The molecule has 1 N–H and O–H groups in total. The Hall–Kier alpha value is -1.43. The van der Waals surface area contributed by atoms with Crippen LogP contribution in [0.2, 0.25) is 0 Å². The number of alkyl halides is 1. The zero-order valence-electron chi connectivity index (χ0n) is 11.9. The van der Waals surface area contributed by atoms with E-state index in [2.05, 4.69) is 21.2 Å². The molecule has 0 aliphatic carbocycles. The summed E-state index contributed by atoms with van der Waals surface area (Å²) in [5.74, 6) is -0.397. The fraction of sp³-hybridized carbons (Fsp3) is 0.500. The lowest BCUT2D eigenvalue weighted by Gasteiger charge is -2.29. The lowest BCUT2D eigenvalue weighted by Crippen LogP contribution is -2.46. The zero-order valence-corrected chi connectivity index (χ0v) is 13.5. The smallest absolute Gasteiger partial charge is 0.282 e. The van der Waals surface area contributed by atoms with E-state index in [1.807, 2.05) is 13.8 Å². The average molecular weight is 343 g/mol. The number of benzene rings is 1. The lowest BCUT2D eigenvalue weighted by atomic mass is 9.94. The minimum Gasteiger partial charge on any atom is -0.347 e. The van der Waals surface area contributed by atoms with Crippen LogP contribution < -0.4 is 5.32 Å². The Balaban J connectivity index is 3.08. The number of nitro groups is 1. The van der Waals surface area contributed by atoms with Crippen LogP contribution in [0.15, 0.2) is 18.2 Å². The first-order valence-corrected chi connectivity index (χ1v) is 7.58. The topological polar surface area (TPSA) is 72.2 Å². The van der Waals surface area contributed by atoms with Gasteiger partial charge in [-0.2, -0.15) is 0 Å². The number of halogens is 1. The van der Waals surface area contributed by atoms with E-state index in [-0.39, 0.29) is 16.8 Å². The van der Waals surface area contributed by atoms with Gasteiger partial charge in [-0.15, -0.1) is 0 Å². The van der Waals surface area contributed by atoms with Crippen LogP contribution in [0.4, 0.5) is 5.69 Å². The Morgan fingerprint density at radius 3 is 2.65 bits per heavy atom. The summed E-state index contributed by atoms with van der Waals surface area (Å²) in [5.41, 5.74) is 0.396. The summed E-state index contributed by atoms with van der Waals surface area (Å²) in [4.78, 5) is 22.8. The van der Waals surface area contributed by atoms with Gasteiger partial charge >= 0.3 is 0 Å². The maximum atomic E-state index is 12.3. The minimum absolute atomic E-state index is 0.115. The number of carbonyl (C=O) groups excluding carboxylic acids is 1. The van der Waals surface area contributed by atoms with Crippen LogP contribution >= 0.6 is 15.9 Å². The number of aryl methyl sites for hydroxylation is 1. The van der Waals surface area contributed by atoms with E-state index in [1.54, 1.807) is 19.1 Å². The van der Waals surface area contributed by atoms with Gasteiger partial charge in [-0.25, -0.2) is 0 Å². The number of hydrogen-bond donors (Lipinski definition) is 1. The van der Waals surface area contributed by atoms with Crippen LogP contribution in [-0.4, -0.2) is 21.7 Å². The molecule has 6 heteroatoms. The molecule has 110 valence electrons. The van der Waals surface area contributed by atoms with E-state index in [4.69, 9.17) is 0 Å². The van der Waals surface area contributed by atoms with Gasteiger partial charge in [-0.1, -0.05) is 28.9 Å². The van der Waals surface area contributed by atoms with Crippen LogP contribution in [0.25, 0.3) is 0 Å². The Morgan fingerprint density at radius 1 is 1.50 bits per heavy atom. The third-order valence-electron chi connectivity index (χ3n) is 3.44. The van der Waals surface area contributed by atoms with Crippen molar-refractivity contribution in [1.29, 1.82) is 0 Å². The average Bonchev–Trinajstić information content (AvgIpc) is 2.38. The Morgan fingerprint density at radius 2 is 2.15 bits per heavy atom. The van der Waals surface area contributed by atoms with Crippen LogP contribution in [0, 0.1) is 17.0 Å². The Labute approximate surface area is 127 Å². The van der Waals surface area contributed by atoms with Crippen molar-refractivity contribution in [2.45, 2.75) is 39.2 Å². The molecule has 0 saturated heterocycles. The molecule has 0 spiro atoms. The van der Waals surface area contributed by atoms with Gasteiger partial charge in [0, 0.05) is 16.9 Å². The molecule has 0 aromatic heterocycles. The predicted octanol–water partition coefficient (Wildman–Crippen LogP) is 3.59. The second kappa shape index (κ2) is 6.83. The number of nitrogens with zero attached hydrogens (tertiary/aromatic N) is 1. The van der Waals surface area contributed by atoms with E-state index in [9.17, 15) is 14.9 Å². The maximum Gasteiger partial charge on any atom is 0.282 e. The summed E-state index contributed by atoms with van der Waals surface area (Å²) in [7, 11) is 0. The highest BCUT2D eigenvalue weighted by Gasteiger charge is 2.27. The number of carbonyl (C=O) groups is 1. The van der Waals surface area contributed by atoms with Gasteiger partial charge in [0.25, 0.3) is 11.6 Å². The molecule has 1 aromatic rings. The second-order valence-corrected chi connectivity index (χ2v) is 5.88. The number of nitro benzene ring substituents is 1. The van der Waals surface area contributed by atoms with Gasteiger partial charge < -0.3 is 5.32 Å². The van der Waals surface area contributed by atoms with Gasteiger partial charge in [0.1, 0.15) is 5.56 Å². The highest BCUT2D eigenvalue weighted by molar-refractivity contribution is 9.09. The first-order chi connectivity index (χ1) is 9.33. The number of rotatable bonds is 6. The zero-order chi connectivity index (χ0) is 15.3. The Bertz CT molecular complexity index is 519. The lowest BCUT2D eigenvalue weighted by molar-refractivity contribution is -0.385. The first-order valence-electron chi connectivity index (χ1n) is 6.46. The molecule has 0 heterocycles. The molecule has 1 rings (SSSR count). The van der Waals surface area contributed by atoms with Crippen molar-refractivity contribution in [1.82, 2.24) is 5.32 Å². The number of hydrogen-bond acceptors (Lipinski definition) is 3. The quantitative estimate of drug-likeness (QED) is 0.487. The van der Waals surface area contributed by atoms with Crippen molar-refractivity contribution in [3.05, 3.63) is 39.4 Å². The third kappa shape index (κ3) is 4.03. The second-order valence-electron chi connectivity index (χ2n) is 5.09. The molecule has 1 unspecified atom stereocenters. The van der Waals surface area contributed by atoms with Gasteiger partial charge in [0.15, 0.2) is 0 Å². The van der Waals surface area contributed by atoms with Gasteiger partial charge in [0.05, 0.1) is 4.92 Å². The predicted molar refractivity (Wildman–Crippen MR) is 82.4 cm³/mol. The number of amides is 1. The molecule has 0 radical (unpaired) electrons. The summed E-state index contributed by atoms with van der Waals surface area (Å²) >= 11 is 3.36. The van der Waals surface area contributed by atoms with E-state index in [1.165, 1.54) is 6.07 Å². The van der Waals surface area contributed by atoms with Crippen molar-refractivity contribution in [2.75, 3.05) is 5.33 Å². The van der Waals surface area contributed by atoms with Crippen molar-refractivity contribution in [3.8, 4) is 0 Å². The number of nitrogens with one attached hydrogen (secondary N) is 1. The van der Waals surface area contributed by atoms with Gasteiger partial charge in [-0.05, 0) is 38.3 Å². The fourth-order valence-electron chi connectivity index (χ4n) is 1.87. The van der Waals surface area contributed by atoms with Crippen molar-refractivity contribution in [2.24, 2.45) is 0 Å². The minimum atomic E-state index is -0.526. The van der Waals surface area contributed by atoms with E-state index < -0.39 is 10.8 Å². The van der Waals surface area contributed by atoms with Crippen LogP contribution in [0.1, 0.15) is 42.6 Å². The highest BCUT2D eigenvalue weighted by Crippen LogP contribution is 2.22. The molecule has 0 aliphatic rings. The van der Waals surface area contributed by atoms with E-state index in [0.717, 1.165) is 23.7 Å². The van der Waals surface area contributed by atoms with Crippen molar-refractivity contribution in [3.63, 3.8) is 0 Å². The molecule has 0 aliphatic heterocycles. The van der Waals surface area contributed by atoms with Crippen LogP contribution in [0.3, 0.4) is 0 Å². The first kappa shape index (κ1) is 16.6. The molecule has 0 bridgehead atoms. The maximum absolute atomic E-state index is 12.3. The monoisotopic (exact) mass is 342 g/mol. The highest BCUT2D eigenvalue weighted by atomic mass is 79.9. The molecule has 0 saturated carbocycles. The molecule has 1 atom stereocenters. The van der Waals surface area contributed by atoms with E-state index >= 15 is 0 Å². The molecule has 1 aromatic carbocycles. The summed E-state index contributed by atoms with van der Waals surface area (Å²) in [6.45, 7) is 5.72. The summed E-state index contributed by atoms with van der Waals surface area (Å²) in [6, 6.07) is 4.56. The summed E-state index contributed by atoms with van der Waals surface area (Å²) in [6.07, 6.45) is 1.51. The molecular weight excluding hydrogens is 324 g/mol.